The van der Waals surface area contributed by atoms with E-state index < -0.39 is 0 Å². The van der Waals surface area contributed by atoms with Crippen molar-refractivity contribution in [2.45, 2.75) is 26.1 Å². The molecule has 76 valence electrons. The minimum absolute atomic E-state index is 0.167. The van der Waals surface area contributed by atoms with E-state index in [9.17, 15) is 0 Å². The third kappa shape index (κ3) is 2.34. The summed E-state index contributed by atoms with van der Waals surface area (Å²) in [5.74, 6) is 0. The number of epoxide rings is 1. The molecule has 1 heterocycles. The SMILES string of the molecule is Cc1ccccc1C(C)OC[C@H]1CO1. The highest BCUT2D eigenvalue weighted by Gasteiger charge is 2.23. The van der Waals surface area contributed by atoms with E-state index in [0.29, 0.717) is 6.10 Å². The summed E-state index contributed by atoms with van der Waals surface area (Å²) in [5, 5.41) is 0. The summed E-state index contributed by atoms with van der Waals surface area (Å²) in [4.78, 5) is 0. The van der Waals surface area contributed by atoms with E-state index in [4.69, 9.17) is 9.47 Å². The zero-order valence-electron chi connectivity index (χ0n) is 8.69. The van der Waals surface area contributed by atoms with Crippen molar-refractivity contribution in [1.82, 2.24) is 0 Å². The van der Waals surface area contributed by atoms with E-state index in [1.165, 1.54) is 11.1 Å². The molecule has 0 spiro atoms. The Balaban J connectivity index is 1.95. The molecule has 1 aromatic carbocycles. The number of ether oxygens (including phenoxy) is 2. The lowest BCUT2D eigenvalue weighted by molar-refractivity contribution is 0.0536. The molecule has 1 aliphatic rings. The fourth-order valence-corrected chi connectivity index (χ4v) is 1.55. The van der Waals surface area contributed by atoms with Crippen LogP contribution in [0.3, 0.4) is 0 Å². The third-order valence-corrected chi connectivity index (χ3v) is 2.56. The second kappa shape index (κ2) is 4.11. The molecule has 14 heavy (non-hydrogen) atoms. The quantitative estimate of drug-likeness (QED) is 0.683. The highest BCUT2D eigenvalue weighted by Crippen LogP contribution is 2.22. The van der Waals surface area contributed by atoms with Crippen LogP contribution in [0.5, 0.6) is 0 Å². The highest BCUT2D eigenvalue weighted by atomic mass is 16.6. The smallest absolute Gasteiger partial charge is 0.104 e. The van der Waals surface area contributed by atoms with Gasteiger partial charge in [-0.3, -0.25) is 0 Å². The van der Waals surface area contributed by atoms with Gasteiger partial charge in [-0.2, -0.15) is 0 Å². The number of hydrogen-bond acceptors (Lipinski definition) is 2. The average molecular weight is 192 g/mol. The molecule has 2 atom stereocenters. The first kappa shape index (κ1) is 9.69. The molecule has 0 N–H and O–H groups in total. The van der Waals surface area contributed by atoms with Gasteiger partial charge in [-0.25, -0.2) is 0 Å². The molecule has 0 amide bonds. The number of rotatable bonds is 4. The molecule has 0 radical (unpaired) electrons. The fraction of sp³-hybridized carbons (Fsp3) is 0.500. The van der Waals surface area contributed by atoms with E-state index >= 15 is 0 Å². The van der Waals surface area contributed by atoms with Crippen molar-refractivity contribution in [3.63, 3.8) is 0 Å². The van der Waals surface area contributed by atoms with Crippen molar-refractivity contribution in [1.29, 1.82) is 0 Å². The van der Waals surface area contributed by atoms with E-state index in [-0.39, 0.29) is 6.10 Å². The van der Waals surface area contributed by atoms with Gasteiger partial charge in [-0.05, 0) is 25.0 Å². The maximum atomic E-state index is 5.71. The van der Waals surface area contributed by atoms with Crippen LogP contribution in [0, 0.1) is 6.92 Å². The Morgan fingerprint density at radius 2 is 2.21 bits per heavy atom. The van der Waals surface area contributed by atoms with E-state index in [1.807, 2.05) is 0 Å². The van der Waals surface area contributed by atoms with Crippen molar-refractivity contribution in [2.24, 2.45) is 0 Å². The summed E-state index contributed by atoms with van der Waals surface area (Å²) in [6, 6.07) is 8.34. The molecule has 0 saturated carbocycles. The Hall–Kier alpha value is -0.860. The lowest BCUT2D eigenvalue weighted by Crippen LogP contribution is -2.07. The van der Waals surface area contributed by atoms with Gasteiger partial charge in [0.15, 0.2) is 0 Å². The van der Waals surface area contributed by atoms with Crippen LogP contribution in [0.2, 0.25) is 0 Å². The minimum atomic E-state index is 0.167. The second-order valence-electron chi connectivity index (χ2n) is 3.79. The summed E-state index contributed by atoms with van der Waals surface area (Å²) in [6.45, 7) is 5.78. The van der Waals surface area contributed by atoms with Crippen molar-refractivity contribution in [2.75, 3.05) is 13.2 Å². The molecule has 1 aliphatic heterocycles. The summed E-state index contributed by atoms with van der Waals surface area (Å²) in [5.41, 5.74) is 2.56. The Morgan fingerprint density at radius 3 is 2.86 bits per heavy atom. The van der Waals surface area contributed by atoms with Crippen LogP contribution in [-0.2, 0) is 9.47 Å². The number of hydrogen-bond donors (Lipinski definition) is 0. The normalized spacial score (nSPS) is 22.0. The number of aryl methyl sites for hydroxylation is 1. The van der Waals surface area contributed by atoms with Gasteiger partial charge >= 0.3 is 0 Å². The van der Waals surface area contributed by atoms with Gasteiger partial charge in [-0.1, -0.05) is 24.3 Å². The Bertz CT molecular complexity index is 305. The lowest BCUT2D eigenvalue weighted by Gasteiger charge is -2.14. The first-order valence-corrected chi connectivity index (χ1v) is 5.06. The summed E-state index contributed by atoms with van der Waals surface area (Å²) < 4.78 is 10.8. The first-order valence-electron chi connectivity index (χ1n) is 5.06. The molecule has 1 fully saturated rings. The molecule has 2 nitrogen and oxygen atoms in total. The van der Waals surface area contributed by atoms with Gasteiger partial charge in [-0.15, -0.1) is 0 Å². The Morgan fingerprint density at radius 1 is 1.50 bits per heavy atom. The highest BCUT2D eigenvalue weighted by molar-refractivity contribution is 5.27. The standard InChI is InChI=1S/C12H16O2/c1-9-5-3-4-6-12(9)10(2)13-7-11-8-14-11/h3-6,10-11H,7-8H2,1-2H3/t10?,11-/m0/s1. The predicted molar refractivity (Wildman–Crippen MR) is 55.3 cm³/mol. The Kier molecular flexibility index (Phi) is 2.85. The van der Waals surface area contributed by atoms with Gasteiger partial charge in [0.05, 0.1) is 19.3 Å². The molecule has 2 heteroatoms. The maximum Gasteiger partial charge on any atom is 0.104 e. The topological polar surface area (TPSA) is 21.8 Å². The van der Waals surface area contributed by atoms with Crippen molar-refractivity contribution < 1.29 is 9.47 Å². The van der Waals surface area contributed by atoms with Crippen molar-refractivity contribution in [3.05, 3.63) is 35.4 Å². The van der Waals surface area contributed by atoms with Gasteiger partial charge < -0.3 is 9.47 Å². The fourth-order valence-electron chi connectivity index (χ4n) is 1.55. The van der Waals surface area contributed by atoms with E-state index in [2.05, 4.69) is 38.1 Å². The van der Waals surface area contributed by atoms with Gasteiger partial charge in [0.1, 0.15) is 6.10 Å². The van der Waals surface area contributed by atoms with E-state index in [1.54, 1.807) is 0 Å². The average Bonchev–Trinajstić information content (AvgIpc) is 2.98. The molecule has 0 bridgehead atoms. The monoisotopic (exact) mass is 192 g/mol. The van der Waals surface area contributed by atoms with Gasteiger partial charge in [0.25, 0.3) is 0 Å². The zero-order valence-corrected chi connectivity index (χ0v) is 8.69. The van der Waals surface area contributed by atoms with Gasteiger partial charge in [0, 0.05) is 0 Å². The van der Waals surface area contributed by atoms with Crippen molar-refractivity contribution >= 4 is 0 Å². The zero-order chi connectivity index (χ0) is 9.97. The van der Waals surface area contributed by atoms with Gasteiger partial charge in [0.2, 0.25) is 0 Å². The van der Waals surface area contributed by atoms with Crippen molar-refractivity contribution in [3.8, 4) is 0 Å². The van der Waals surface area contributed by atoms with Crippen LogP contribution in [-0.4, -0.2) is 19.3 Å². The van der Waals surface area contributed by atoms with Crippen LogP contribution >= 0.6 is 0 Å². The molecular formula is C12H16O2. The largest absolute Gasteiger partial charge is 0.371 e. The predicted octanol–water partition coefficient (Wildman–Crippen LogP) is 2.47. The first-order chi connectivity index (χ1) is 6.77. The van der Waals surface area contributed by atoms with Crippen LogP contribution in [0.25, 0.3) is 0 Å². The van der Waals surface area contributed by atoms with Crippen LogP contribution in [0.4, 0.5) is 0 Å². The Labute approximate surface area is 84.8 Å². The summed E-state index contributed by atoms with van der Waals surface area (Å²) in [6.07, 6.45) is 0.516. The minimum Gasteiger partial charge on any atom is -0.371 e. The molecule has 0 aliphatic carbocycles. The molecule has 0 aromatic heterocycles. The summed E-state index contributed by atoms with van der Waals surface area (Å²) in [7, 11) is 0. The second-order valence-corrected chi connectivity index (χ2v) is 3.79. The molecule has 1 saturated heterocycles. The van der Waals surface area contributed by atoms with Crippen LogP contribution in [0.1, 0.15) is 24.2 Å². The molecule has 1 unspecified atom stereocenters. The molecule has 2 rings (SSSR count). The van der Waals surface area contributed by atoms with E-state index in [0.717, 1.165) is 13.2 Å². The number of benzene rings is 1. The molecular weight excluding hydrogens is 176 g/mol. The van der Waals surface area contributed by atoms with Crippen LogP contribution < -0.4 is 0 Å². The third-order valence-electron chi connectivity index (χ3n) is 2.56. The maximum absolute atomic E-state index is 5.71. The molecule has 1 aromatic rings. The summed E-state index contributed by atoms with van der Waals surface area (Å²) >= 11 is 0. The van der Waals surface area contributed by atoms with Crippen LogP contribution in [0.15, 0.2) is 24.3 Å². The lowest BCUT2D eigenvalue weighted by atomic mass is 10.0.